The molecule has 8 heteroatoms. The molecule has 1 saturated carbocycles. The topological polar surface area (TPSA) is 107 Å². The molecular formula is C18H27N3O5. The van der Waals surface area contributed by atoms with Crippen molar-refractivity contribution < 1.29 is 24.3 Å². The van der Waals surface area contributed by atoms with E-state index in [1.165, 1.54) is 4.90 Å². The Hall–Kier alpha value is -2.12. The average molecular weight is 365 g/mol. The van der Waals surface area contributed by atoms with Crippen molar-refractivity contribution in [2.45, 2.75) is 64.0 Å². The van der Waals surface area contributed by atoms with Crippen LogP contribution in [0.2, 0.25) is 0 Å². The van der Waals surface area contributed by atoms with Gasteiger partial charge in [-0.05, 0) is 38.5 Å². The van der Waals surface area contributed by atoms with Gasteiger partial charge in [0, 0.05) is 12.6 Å². The van der Waals surface area contributed by atoms with E-state index in [-0.39, 0.29) is 36.9 Å². The molecule has 2 aliphatic heterocycles. The lowest BCUT2D eigenvalue weighted by atomic mass is 9.73. The molecule has 4 unspecified atom stereocenters. The lowest BCUT2D eigenvalue weighted by Gasteiger charge is -2.38. The van der Waals surface area contributed by atoms with Crippen molar-refractivity contribution in [1.29, 1.82) is 0 Å². The number of aliphatic carboxylic acids is 1. The van der Waals surface area contributed by atoms with Gasteiger partial charge >= 0.3 is 12.0 Å². The molecule has 1 spiro atoms. The molecule has 3 rings (SSSR count). The Morgan fingerprint density at radius 3 is 2.58 bits per heavy atom. The third-order valence-corrected chi connectivity index (χ3v) is 6.35. The number of rotatable bonds is 3. The minimum atomic E-state index is -0.917. The molecule has 2 N–H and O–H groups in total. The number of nitrogens with one attached hydrogen (secondary N) is 1. The fourth-order valence-corrected chi connectivity index (χ4v) is 4.52. The first-order chi connectivity index (χ1) is 12.3. The maximum absolute atomic E-state index is 13.0. The van der Waals surface area contributed by atoms with Crippen LogP contribution in [-0.2, 0) is 14.4 Å². The van der Waals surface area contributed by atoms with Crippen molar-refractivity contribution in [3.05, 3.63) is 0 Å². The number of carbonyl (C=O) groups is 4. The minimum absolute atomic E-state index is 0.0399. The van der Waals surface area contributed by atoms with Crippen LogP contribution in [0.15, 0.2) is 0 Å². The molecule has 4 amide bonds. The van der Waals surface area contributed by atoms with E-state index < -0.39 is 23.5 Å². The summed E-state index contributed by atoms with van der Waals surface area (Å²) in [4.78, 5) is 51.9. The molecule has 26 heavy (non-hydrogen) atoms. The number of imide groups is 1. The number of carboxylic acids is 1. The van der Waals surface area contributed by atoms with Crippen LogP contribution in [0.3, 0.4) is 0 Å². The molecule has 0 aromatic rings. The van der Waals surface area contributed by atoms with E-state index in [9.17, 15) is 24.3 Å². The summed E-state index contributed by atoms with van der Waals surface area (Å²) in [6.45, 7) is 3.63. The predicted octanol–water partition coefficient (Wildman–Crippen LogP) is 1.20. The summed E-state index contributed by atoms with van der Waals surface area (Å²) in [5.74, 6) is -2.16. The minimum Gasteiger partial charge on any atom is -0.481 e. The van der Waals surface area contributed by atoms with Crippen LogP contribution in [0.5, 0.6) is 0 Å². The molecule has 2 heterocycles. The zero-order valence-electron chi connectivity index (χ0n) is 15.4. The van der Waals surface area contributed by atoms with Crippen molar-refractivity contribution in [3.63, 3.8) is 0 Å². The van der Waals surface area contributed by atoms with E-state index in [4.69, 9.17) is 0 Å². The van der Waals surface area contributed by atoms with Gasteiger partial charge in [-0.2, -0.15) is 0 Å². The second kappa shape index (κ2) is 6.89. The van der Waals surface area contributed by atoms with Crippen molar-refractivity contribution in [3.8, 4) is 0 Å². The lowest BCUT2D eigenvalue weighted by molar-refractivity contribution is -0.149. The Balaban J connectivity index is 1.71. The molecular weight excluding hydrogens is 338 g/mol. The Bertz CT molecular complexity index is 636. The van der Waals surface area contributed by atoms with E-state index in [1.54, 1.807) is 0 Å². The molecule has 0 aromatic carbocycles. The Labute approximate surface area is 152 Å². The quantitative estimate of drug-likeness (QED) is 0.731. The molecule has 1 aliphatic carbocycles. The molecule has 4 atom stereocenters. The standard InChI is InChI=1S/C18H27N3O5/c1-11-5-3-4-8-18(11)16(25)21(17(26)19-18)10-14(22)20-9-13(15(23)24)7-6-12(20)2/h11-13H,3-10H2,1-2H3,(H,19,26)(H,23,24). The molecule has 8 nitrogen and oxygen atoms in total. The van der Waals surface area contributed by atoms with Gasteiger partial charge in [0.05, 0.1) is 5.92 Å². The second-order valence-corrected chi connectivity index (χ2v) is 7.95. The van der Waals surface area contributed by atoms with Crippen LogP contribution in [0.1, 0.15) is 52.4 Å². The highest BCUT2D eigenvalue weighted by molar-refractivity contribution is 6.09. The van der Waals surface area contributed by atoms with Crippen LogP contribution in [0.25, 0.3) is 0 Å². The highest BCUT2D eigenvalue weighted by Crippen LogP contribution is 2.38. The number of nitrogens with zero attached hydrogens (tertiary/aromatic N) is 2. The number of urea groups is 1. The van der Waals surface area contributed by atoms with Crippen molar-refractivity contribution in [2.75, 3.05) is 13.1 Å². The maximum atomic E-state index is 13.0. The number of carboxylic acid groups (broad SMARTS) is 1. The summed E-state index contributed by atoms with van der Waals surface area (Å²) in [6.07, 6.45) is 4.52. The molecule has 3 fully saturated rings. The van der Waals surface area contributed by atoms with E-state index in [1.807, 2.05) is 13.8 Å². The predicted molar refractivity (Wildman–Crippen MR) is 92.1 cm³/mol. The van der Waals surface area contributed by atoms with E-state index in [0.717, 1.165) is 24.2 Å². The molecule has 0 aromatic heterocycles. The summed E-state index contributed by atoms with van der Waals surface area (Å²) in [7, 11) is 0. The number of hydrogen-bond acceptors (Lipinski definition) is 4. The Morgan fingerprint density at radius 2 is 1.92 bits per heavy atom. The third-order valence-electron chi connectivity index (χ3n) is 6.35. The summed E-state index contributed by atoms with van der Waals surface area (Å²) in [5, 5.41) is 12.1. The van der Waals surface area contributed by atoms with Gasteiger partial charge < -0.3 is 15.3 Å². The Morgan fingerprint density at radius 1 is 1.19 bits per heavy atom. The number of amides is 4. The van der Waals surface area contributed by atoms with E-state index >= 15 is 0 Å². The highest BCUT2D eigenvalue weighted by atomic mass is 16.4. The van der Waals surface area contributed by atoms with Gasteiger partial charge in [-0.1, -0.05) is 19.8 Å². The zero-order chi connectivity index (χ0) is 19.1. The lowest BCUT2D eigenvalue weighted by Crippen LogP contribution is -2.54. The van der Waals surface area contributed by atoms with E-state index in [2.05, 4.69) is 5.32 Å². The molecule has 2 saturated heterocycles. The zero-order valence-corrected chi connectivity index (χ0v) is 15.4. The molecule has 0 radical (unpaired) electrons. The summed E-state index contributed by atoms with van der Waals surface area (Å²) in [6, 6.07) is -0.613. The maximum Gasteiger partial charge on any atom is 0.325 e. The number of carbonyl (C=O) groups excluding carboxylic acids is 3. The third kappa shape index (κ3) is 3.05. The van der Waals surface area contributed by atoms with Gasteiger partial charge in [0.1, 0.15) is 12.1 Å². The van der Waals surface area contributed by atoms with Gasteiger partial charge in [0.25, 0.3) is 5.91 Å². The van der Waals surface area contributed by atoms with Gasteiger partial charge in [0.2, 0.25) is 5.91 Å². The van der Waals surface area contributed by atoms with Crippen molar-refractivity contribution >= 4 is 23.8 Å². The largest absolute Gasteiger partial charge is 0.481 e. The van der Waals surface area contributed by atoms with Crippen LogP contribution in [-0.4, -0.2) is 63.4 Å². The number of piperidine rings is 1. The summed E-state index contributed by atoms with van der Waals surface area (Å²) >= 11 is 0. The van der Waals surface area contributed by atoms with Crippen LogP contribution in [0.4, 0.5) is 4.79 Å². The van der Waals surface area contributed by atoms with Gasteiger partial charge in [-0.25, -0.2) is 4.79 Å². The number of likely N-dealkylation sites (tertiary alicyclic amines) is 1. The number of hydrogen-bond donors (Lipinski definition) is 2. The van der Waals surface area contributed by atoms with Crippen LogP contribution in [0, 0.1) is 11.8 Å². The van der Waals surface area contributed by atoms with Crippen LogP contribution < -0.4 is 5.32 Å². The smallest absolute Gasteiger partial charge is 0.325 e. The van der Waals surface area contributed by atoms with Crippen molar-refractivity contribution in [2.24, 2.45) is 11.8 Å². The molecule has 3 aliphatic rings. The average Bonchev–Trinajstić information content (AvgIpc) is 2.82. The van der Waals surface area contributed by atoms with E-state index in [0.29, 0.717) is 19.3 Å². The molecule has 0 bridgehead atoms. The van der Waals surface area contributed by atoms with Gasteiger partial charge in [0.15, 0.2) is 0 Å². The van der Waals surface area contributed by atoms with Crippen LogP contribution >= 0.6 is 0 Å². The first kappa shape index (κ1) is 18.7. The van der Waals surface area contributed by atoms with Gasteiger partial charge in [-0.3, -0.25) is 19.3 Å². The normalized spacial score (nSPS) is 34.9. The summed E-state index contributed by atoms with van der Waals surface area (Å²) in [5.41, 5.74) is -0.882. The SMILES string of the molecule is CC1CCC(C(=O)O)CN1C(=O)CN1C(=O)NC2(CCCCC2C)C1=O. The highest BCUT2D eigenvalue weighted by Gasteiger charge is 2.55. The molecule has 144 valence electrons. The summed E-state index contributed by atoms with van der Waals surface area (Å²) < 4.78 is 0. The second-order valence-electron chi connectivity index (χ2n) is 7.95. The fourth-order valence-electron chi connectivity index (χ4n) is 4.52. The first-order valence-electron chi connectivity index (χ1n) is 9.42. The Kier molecular flexibility index (Phi) is 4.94. The first-order valence-corrected chi connectivity index (χ1v) is 9.42. The fraction of sp³-hybridized carbons (Fsp3) is 0.778. The van der Waals surface area contributed by atoms with Crippen molar-refractivity contribution in [1.82, 2.24) is 15.1 Å². The van der Waals surface area contributed by atoms with Gasteiger partial charge in [-0.15, -0.1) is 0 Å². The monoisotopic (exact) mass is 365 g/mol.